The van der Waals surface area contributed by atoms with Gasteiger partial charge in [-0.25, -0.2) is 9.48 Å². The lowest BCUT2D eigenvalue weighted by Crippen LogP contribution is -2.07. The zero-order chi connectivity index (χ0) is 15.0. The van der Waals surface area contributed by atoms with Gasteiger partial charge in [-0.3, -0.25) is 10.1 Å². The Kier molecular flexibility index (Phi) is 3.27. The van der Waals surface area contributed by atoms with E-state index in [4.69, 9.17) is 5.11 Å². The van der Waals surface area contributed by atoms with E-state index in [2.05, 4.69) is 5.10 Å². The van der Waals surface area contributed by atoms with Crippen LogP contribution < -0.4 is 0 Å². The molecule has 20 heavy (non-hydrogen) atoms. The summed E-state index contributed by atoms with van der Waals surface area (Å²) in [6.07, 6.45) is 0. The molecule has 0 saturated heterocycles. The van der Waals surface area contributed by atoms with Crippen molar-refractivity contribution in [2.75, 3.05) is 0 Å². The number of nitro benzene ring substituents is 1. The van der Waals surface area contributed by atoms with E-state index in [0.717, 1.165) is 0 Å². The van der Waals surface area contributed by atoms with Gasteiger partial charge in [0.2, 0.25) is 0 Å². The van der Waals surface area contributed by atoms with E-state index in [1.807, 2.05) is 0 Å². The van der Waals surface area contributed by atoms with E-state index in [9.17, 15) is 14.9 Å². The molecule has 0 aliphatic rings. The molecule has 0 aliphatic carbocycles. The number of hydrogen-bond donors (Lipinski definition) is 1. The van der Waals surface area contributed by atoms with E-state index in [1.54, 1.807) is 32.9 Å². The molecule has 0 unspecified atom stereocenters. The predicted molar refractivity (Wildman–Crippen MR) is 71.4 cm³/mol. The van der Waals surface area contributed by atoms with E-state index in [-0.39, 0.29) is 11.3 Å². The quantitative estimate of drug-likeness (QED) is 0.685. The summed E-state index contributed by atoms with van der Waals surface area (Å²) in [5.41, 5.74) is 1.61. The van der Waals surface area contributed by atoms with Crippen molar-refractivity contribution in [3.05, 3.63) is 50.8 Å². The maximum atomic E-state index is 11.2. The standard InChI is InChI=1S/C13H13N3O4/c1-7-5-4-6-10(16(19)20)12(7)15-9(3)11(13(17)18)8(2)14-15/h4-6H,1-3H3,(H,17,18). The first-order valence-electron chi connectivity index (χ1n) is 5.88. The van der Waals surface area contributed by atoms with Crippen LogP contribution in [-0.4, -0.2) is 25.8 Å². The third-order valence-corrected chi connectivity index (χ3v) is 3.13. The Hall–Kier alpha value is -2.70. The van der Waals surface area contributed by atoms with Crippen LogP contribution in [0.4, 0.5) is 5.69 Å². The minimum Gasteiger partial charge on any atom is -0.478 e. The van der Waals surface area contributed by atoms with Crippen molar-refractivity contribution < 1.29 is 14.8 Å². The number of carboxylic acids is 1. The molecule has 1 aromatic carbocycles. The van der Waals surface area contributed by atoms with Gasteiger partial charge in [-0.1, -0.05) is 12.1 Å². The summed E-state index contributed by atoms with van der Waals surface area (Å²) in [6, 6.07) is 4.68. The minimum atomic E-state index is -1.09. The number of aromatic nitrogens is 2. The highest BCUT2D eigenvalue weighted by Gasteiger charge is 2.24. The van der Waals surface area contributed by atoms with Gasteiger partial charge in [-0.15, -0.1) is 0 Å². The highest BCUT2D eigenvalue weighted by Crippen LogP contribution is 2.28. The van der Waals surface area contributed by atoms with Crippen molar-refractivity contribution in [2.45, 2.75) is 20.8 Å². The summed E-state index contributed by atoms with van der Waals surface area (Å²) in [4.78, 5) is 21.8. The average molecular weight is 275 g/mol. The largest absolute Gasteiger partial charge is 0.478 e. The summed E-state index contributed by atoms with van der Waals surface area (Å²) in [7, 11) is 0. The Morgan fingerprint density at radius 2 is 2.00 bits per heavy atom. The zero-order valence-electron chi connectivity index (χ0n) is 11.2. The van der Waals surface area contributed by atoms with Gasteiger partial charge >= 0.3 is 5.97 Å². The summed E-state index contributed by atoms with van der Waals surface area (Å²) >= 11 is 0. The molecule has 7 heteroatoms. The van der Waals surface area contributed by atoms with Crippen molar-refractivity contribution in [2.24, 2.45) is 0 Å². The molecule has 104 valence electrons. The Balaban J connectivity index is 2.79. The molecular weight excluding hydrogens is 262 g/mol. The fraction of sp³-hybridized carbons (Fsp3) is 0.231. The lowest BCUT2D eigenvalue weighted by molar-refractivity contribution is -0.384. The Bertz CT molecular complexity index is 719. The van der Waals surface area contributed by atoms with Crippen LogP contribution in [0.2, 0.25) is 0 Å². The molecular formula is C13H13N3O4. The summed E-state index contributed by atoms with van der Waals surface area (Å²) in [5.74, 6) is -1.09. The molecule has 1 N–H and O–H groups in total. The Labute approximate surface area is 114 Å². The maximum Gasteiger partial charge on any atom is 0.339 e. The van der Waals surface area contributed by atoms with Crippen molar-refractivity contribution in [3.8, 4) is 5.69 Å². The first kappa shape index (κ1) is 13.7. The van der Waals surface area contributed by atoms with Crippen molar-refractivity contribution in [3.63, 3.8) is 0 Å². The molecule has 2 rings (SSSR count). The van der Waals surface area contributed by atoms with Gasteiger partial charge in [0.25, 0.3) is 5.69 Å². The number of aryl methyl sites for hydroxylation is 2. The molecule has 0 aliphatic heterocycles. The Morgan fingerprint density at radius 1 is 1.35 bits per heavy atom. The number of hydrogen-bond acceptors (Lipinski definition) is 4. The number of nitro groups is 1. The van der Waals surface area contributed by atoms with Gasteiger partial charge in [-0.2, -0.15) is 5.10 Å². The number of aromatic carboxylic acids is 1. The smallest absolute Gasteiger partial charge is 0.339 e. The summed E-state index contributed by atoms with van der Waals surface area (Å²) in [5, 5.41) is 24.4. The van der Waals surface area contributed by atoms with E-state index >= 15 is 0 Å². The second-order valence-electron chi connectivity index (χ2n) is 4.46. The molecule has 7 nitrogen and oxygen atoms in total. The molecule has 1 heterocycles. The topological polar surface area (TPSA) is 98.3 Å². The van der Waals surface area contributed by atoms with Gasteiger partial charge in [0.05, 0.1) is 16.3 Å². The lowest BCUT2D eigenvalue weighted by Gasteiger charge is -2.08. The number of benzene rings is 1. The van der Waals surface area contributed by atoms with Crippen LogP contribution in [0.15, 0.2) is 18.2 Å². The van der Waals surface area contributed by atoms with E-state index < -0.39 is 10.9 Å². The highest BCUT2D eigenvalue weighted by atomic mass is 16.6. The van der Waals surface area contributed by atoms with Gasteiger partial charge in [-0.05, 0) is 26.3 Å². The zero-order valence-corrected chi connectivity index (χ0v) is 11.2. The monoisotopic (exact) mass is 275 g/mol. The van der Waals surface area contributed by atoms with Crippen LogP contribution in [0.25, 0.3) is 5.69 Å². The summed E-state index contributed by atoms with van der Waals surface area (Å²) in [6.45, 7) is 4.87. The molecule has 0 saturated carbocycles. The van der Waals surface area contributed by atoms with E-state index in [0.29, 0.717) is 22.6 Å². The minimum absolute atomic E-state index is 0.0718. The number of carboxylic acid groups (broad SMARTS) is 1. The van der Waals surface area contributed by atoms with Crippen molar-refractivity contribution in [1.82, 2.24) is 9.78 Å². The molecule has 0 atom stereocenters. The Morgan fingerprint density at radius 3 is 2.50 bits per heavy atom. The second-order valence-corrected chi connectivity index (χ2v) is 4.46. The summed E-state index contributed by atoms with van der Waals surface area (Å²) < 4.78 is 1.33. The molecule has 0 spiro atoms. The predicted octanol–water partition coefficient (Wildman–Crippen LogP) is 2.40. The van der Waals surface area contributed by atoms with Crippen LogP contribution in [-0.2, 0) is 0 Å². The highest BCUT2D eigenvalue weighted by molar-refractivity contribution is 5.90. The molecule has 1 aromatic heterocycles. The number of rotatable bonds is 3. The van der Waals surface area contributed by atoms with Crippen molar-refractivity contribution in [1.29, 1.82) is 0 Å². The first-order valence-corrected chi connectivity index (χ1v) is 5.88. The third kappa shape index (κ3) is 2.03. The molecule has 0 bridgehead atoms. The van der Waals surface area contributed by atoms with Gasteiger partial charge < -0.3 is 5.11 Å². The third-order valence-electron chi connectivity index (χ3n) is 3.13. The number of nitrogens with zero attached hydrogens (tertiary/aromatic N) is 3. The van der Waals surface area contributed by atoms with Crippen LogP contribution in [0.3, 0.4) is 0 Å². The molecule has 0 amide bonds. The lowest BCUT2D eigenvalue weighted by atomic mass is 10.1. The molecule has 0 fully saturated rings. The molecule has 0 radical (unpaired) electrons. The van der Waals surface area contributed by atoms with Crippen LogP contribution in [0, 0.1) is 30.9 Å². The van der Waals surface area contributed by atoms with Gasteiger partial charge in [0.15, 0.2) is 0 Å². The van der Waals surface area contributed by atoms with Crippen molar-refractivity contribution >= 4 is 11.7 Å². The van der Waals surface area contributed by atoms with Gasteiger partial charge in [0.1, 0.15) is 11.3 Å². The molecule has 2 aromatic rings. The maximum absolute atomic E-state index is 11.2. The van der Waals surface area contributed by atoms with Crippen LogP contribution >= 0.6 is 0 Å². The van der Waals surface area contributed by atoms with Crippen LogP contribution in [0.5, 0.6) is 0 Å². The normalized spacial score (nSPS) is 10.6. The van der Waals surface area contributed by atoms with E-state index in [1.165, 1.54) is 10.7 Å². The number of carbonyl (C=O) groups is 1. The fourth-order valence-electron chi connectivity index (χ4n) is 2.24. The van der Waals surface area contributed by atoms with Crippen LogP contribution in [0.1, 0.15) is 27.3 Å². The number of para-hydroxylation sites is 1. The van der Waals surface area contributed by atoms with Gasteiger partial charge in [0, 0.05) is 6.07 Å². The second kappa shape index (κ2) is 4.76. The first-order chi connectivity index (χ1) is 9.34. The average Bonchev–Trinajstić information content (AvgIpc) is 2.64. The SMILES string of the molecule is Cc1cccc([N+](=O)[O-])c1-n1nc(C)c(C(=O)O)c1C. The fourth-order valence-corrected chi connectivity index (χ4v) is 2.24.